The third-order valence-electron chi connectivity index (χ3n) is 3.76. The minimum atomic E-state index is -0.360. The van der Waals surface area contributed by atoms with Crippen LogP contribution in [-0.4, -0.2) is 40.1 Å². The van der Waals surface area contributed by atoms with Gasteiger partial charge in [0, 0.05) is 19.5 Å². The molecule has 0 aliphatic carbocycles. The van der Waals surface area contributed by atoms with Crippen LogP contribution >= 0.6 is 11.3 Å². The lowest BCUT2D eigenvalue weighted by Gasteiger charge is -2.15. The number of carbonyl (C=O) groups excluding carboxylic acids is 2. The third kappa shape index (κ3) is 3.84. The molecule has 3 amide bonds. The standard InChI is InChI=1S/C15H17N5O2S/c16-13(21)11-6-7-20(9-11)15(22)17-14-19-18-12(23-14)8-10-4-2-1-3-5-10/h1-5,11H,6-9H2,(H2,16,21)(H,17,19,22)/t11-/m1/s1. The summed E-state index contributed by atoms with van der Waals surface area (Å²) in [6.45, 7) is 0.881. The zero-order valence-electron chi connectivity index (χ0n) is 12.4. The Labute approximate surface area is 137 Å². The monoisotopic (exact) mass is 331 g/mol. The predicted molar refractivity (Wildman–Crippen MR) is 87.1 cm³/mol. The van der Waals surface area contributed by atoms with Crippen LogP contribution in [-0.2, 0) is 11.2 Å². The Morgan fingerprint density at radius 1 is 1.30 bits per heavy atom. The van der Waals surface area contributed by atoms with Gasteiger partial charge in [-0.15, -0.1) is 10.2 Å². The van der Waals surface area contributed by atoms with E-state index >= 15 is 0 Å². The Balaban J connectivity index is 1.57. The van der Waals surface area contributed by atoms with E-state index in [1.807, 2.05) is 30.3 Å². The molecule has 8 heteroatoms. The topological polar surface area (TPSA) is 101 Å². The molecule has 2 heterocycles. The van der Waals surface area contributed by atoms with Crippen molar-refractivity contribution >= 4 is 28.4 Å². The number of nitrogens with zero attached hydrogens (tertiary/aromatic N) is 3. The van der Waals surface area contributed by atoms with Crippen LogP contribution in [0.1, 0.15) is 17.0 Å². The second kappa shape index (κ2) is 6.74. The maximum absolute atomic E-state index is 12.2. The molecule has 2 aromatic rings. The number of hydrogen-bond donors (Lipinski definition) is 2. The molecule has 1 aliphatic rings. The SMILES string of the molecule is NC(=O)[C@@H]1CCN(C(=O)Nc2nnc(Cc3ccccc3)s2)C1. The van der Waals surface area contributed by atoms with Gasteiger partial charge in [-0.25, -0.2) is 4.79 Å². The maximum atomic E-state index is 12.2. The molecule has 3 rings (SSSR count). The first kappa shape index (κ1) is 15.4. The predicted octanol–water partition coefficient (Wildman–Crippen LogP) is 1.47. The molecule has 0 bridgehead atoms. The number of urea groups is 1. The van der Waals surface area contributed by atoms with Gasteiger partial charge >= 0.3 is 6.03 Å². The molecule has 1 atom stereocenters. The number of hydrogen-bond acceptors (Lipinski definition) is 5. The van der Waals surface area contributed by atoms with Gasteiger partial charge in [0.2, 0.25) is 11.0 Å². The number of amides is 3. The Kier molecular flexibility index (Phi) is 4.52. The van der Waals surface area contributed by atoms with Crippen LogP contribution < -0.4 is 11.1 Å². The van der Waals surface area contributed by atoms with Gasteiger partial charge in [0.1, 0.15) is 5.01 Å². The largest absolute Gasteiger partial charge is 0.369 e. The van der Waals surface area contributed by atoms with Crippen LogP contribution in [0.5, 0.6) is 0 Å². The lowest BCUT2D eigenvalue weighted by molar-refractivity contribution is -0.121. The van der Waals surface area contributed by atoms with Crippen molar-refractivity contribution in [3.8, 4) is 0 Å². The van der Waals surface area contributed by atoms with E-state index in [-0.39, 0.29) is 17.9 Å². The van der Waals surface area contributed by atoms with E-state index in [1.165, 1.54) is 11.3 Å². The summed E-state index contributed by atoms with van der Waals surface area (Å²) in [5.74, 6) is -0.620. The van der Waals surface area contributed by atoms with Crippen LogP contribution in [0.3, 0.4) is 0 Å². The van der Waals surface area contributed by atoms with Gasteiger partial charge in [0.25, 0.3) is 0 Å². The quantitative estimate of drug-likeness (QED) is 0.885. The fraction of sp³-hybridized carbons (Fsp3) is 0.333. The fourth-order valence-electron chi connectivity index (χ4n) is 2.49. The van der Waals surface area contributed by atoms with Gasteiger partial charge in [-0.05, 0) is 12.0 Å². The maximum Gasteiger partial charge on any atom is 0.323 e. The van der Waals surface area contributed by atoms with E-state index < -0.39 is 0 Å². The lowest BCUT2D eigenvalue weighted by atomic mass is 10.1. The third-order valence-corrected chi connectivity index (χ3v) is 4.60. The van der Waals surface area contributed by atoms with E-state index in [0.717, 1.165) is 10.6 Å². The van der Waals surface area contributed by atoms with Crippen molar-refractivity contribution < 1.29 is 9.59 Å². The molecule has 23 heavy (non-hydrogen) atoms. The van der Waals surface area contributed by atoms with Crippen molar-refractivity contribution in [1.29, 1.82) is 0 Å². The molecular weight excluding hydrogens is 314 g/mol. The summed E-state index contributed by atoms with van der Waals surface area (Å²) in [5.41, 5.74) is 6.42. The van der Waals surface area contributed by atoms with E-state index in [2.05, 4.69) is 15.5 Å². The van der Waals surface area contributed by atoms with Gasteiger partial charge in [0.05, 0.1) is 5.92 Å². The molecule has 1 saturated heterocycles. The summed E-state index contributed by atoms with van der Waals surface area (Å²) >= 11 is 1.35. The van der Waals surface area contributed by atoms with Crippen molar-refractivity contribution in [2.75, 3.05) is 18.4 Å². The molecule has 1 aliphatic heterocycles. The number of nitrogens with one attached hydrogen (secondary N) is 1. The zero-order chi connectivity index (χ0) is 16.2. The van der Waals surface area contributed by atoms with Crippen LogP contribution in [0.25, 0.3) is 0 Å². The van der Waals surface area contributed by atoms with E-state index in [9.17, 15) is 9.59 Å². The van der Waals surface area contributed by atoms with Crippen molar-refractivity contribution in [2.45, 2.75) is 12.8 Å². The highest BCUT2D eigenvalue weighted by atomic mass is 32.1. The molecule has 1 fully saturated rings. The number of rotatable bonds is 4. The summed E-state index contributed by atoms with van der Waals surface area (Å²) in [4.78, 5) is 24.9. The number of anilines is 1. The summed E-state index contributed by atoms with van der Waals surface area (Å²) < 4.78 is 0. The van der Waals surface area contributed by atoms with E-state index in [1.54, 1.807) is 4.90 Å². The van der Waals surface area contributed by atoms with Gasteiger partial charge in [-0.3, -0.25) is 10.1 Å². The smallest absolute Gasteiger partial charge is 0.323 e. The summed E-state index contributed by atoms with van der Waals surface area (Å²) in [6, 6.07) is 9.69. The molecule has 1 aromatic heterocycles. The highest BCUT2D eigenvalue weighted by Crippen LogP contribution is 2.21. The second-order valence-corrected chi connectivity index (χ2v) is 6.49. The molecule has 0 spiro atoms. The van der Waals surface area contributed by atoms with Crippen molar-refractivity contribution in [2.24, 2.45) is 11.7 Å². The second-order valence-electron chi connectivity index (χ2n) is 5.43. The number of likely N-dealkylation sites (tertiary alicyclic amines) is 1. The summed E-state index contributed by atoms with van der Waals surface area (Å²) in [7, 11) is 0. The average Bonchev–Trinajstić information content (AvgIpc) is 3.18. The molecular formula is C15H17N5O2S. The van der Waals surface area contributed by atoms with Crippen molar-refractivity contribution in [3.63, 3.8) is 0 Å². The molecule has 0 radical (unpaired) electrons. The van der Waals surface area contributed by atoms with E-state index in [4.69, 9.17) is 5.73 Å². The number of benzene rings is 1. The first-order chi connectivity index (χ1) is 11.1. The van der Waals surface area contributed by atoms with E-state index in [0.29, 0.717) is 31.1 Å². The van der Waals surface area contributed by atoms with Crippen LogP contribution in [0.2, 0.25) is 0 Å². The summed E-state index contributed by atoms with van der Waals surface area (Å²) in [5, 5.41) is 12.1. The van der Waals surface area contributed by atoms with Crippen LogP contribution in [0.15, 0.2) is 30.3 Å². The normalized spacial score (nSPS) is 17.2. The van der Waals surface area contributed by atoms with Crippen molar-refractivity contribution in [1.82, 2.24) is 15.1 Å². The molecule has 120 valence electrons. The molecule has 1 aromatic carbocycles. The molecule has 7 nitrogen and oxygen atoms in total. The lowest BCUT2D eigenvalue weighted by Crippen LogP contribution is -2.34. The first-order valence-corrected chi connectivity index (χ1v) is 8.15. The first-order valence-electron chi connectivity index (χ1n) is 7.33. The number of carbonyl (C=O) groups is 2. The van der Waals surface area contributed by atoms with Gasteiger partial charge in [0.15, 0.2) is 0 Å². The number of aromatic nitrogens is 2. The Bertz CT molecular complexity index is 703. The zero-order valence-corrected chi connectivity index (χ0v) is 13.3. The molecule has 0 saturated carbocycles. The average molecular weight is 331 g/mol. The van der Waals surface area contributed by atoms with Crippen LogP contribution in [0.4, 0.5) is 9.93 Å². The molecule has 3 N–H and O–H groups in total. The Morgan fingerprint density at radius 2 is 2.09 bits per heavy atom. The summed E-state index contributed by atoms with van der Waals surface area (Å²) in [6.07, 6.45) is 1.29. The van der Waals surface area contributed by atoms with Gasteiger partial charge < -0.3 is 10.6 Å². The minimum absolute atomic E-state index is 0.260. The van der Waals surface area contributed by atoms with Gasteiger partial charge in [-0.1, -0.05) is 41.7 Å². The number of primary amides is 1. The van der Waals surface area contributed by atoms with Gasteiger partial charge in [-0.2, -0.15) is 0 Å². The van der Waals surface area contributed by atoms with Crippen LogP contribution in [0, 0.1) is 5.92 Å². The number of nitrogens with two attached hydrogens (primary N) is 1. The Hall–Kier alpha value is -2.48. The molecule has 0 unspecified atom stereocenters. The highest BCUT2D eigenvalue weighted by Gasteiger charge is 2.30. The Morgan fingerprint density at radius 3 is 2.78 bits per heavy atom. The minimum Gasteiger partial charge on any atom is -0.369 e. The van der Waals surface area contributed by atoms with Crippen molar-refractivity contribution in [3.05, 3.63) is 40.9 Å². The fourth-order valence-corrected chi connectivity index (χ4v) is 3.26. The highest BCUT2D eigenvalue weighted by molar-refractivity contribution is 7.15.